The minimum Gasteiger partial charge on any atom is -0.481 e. The lowest BCUT2D eigenvalue weighted by Gasteiger charge is -2.11. The third kappa shape index (κ3) is 18.0. The van der Waals surface area contributed by atoms with Gasteiger partial charge in [0.2, 0.25) is 0 Å². The summed E-state index contributed by atoms with van der Waals surface area (Å²) in [7, 11) is 0. The van der Waals surface area contributed by atoms with Gasteiger partial charge in [0.15, 0.2) is 0 Å². The first-order valence-electron chi connectivity index (χ1n) is 11.1. The summed E-state index contributed by atoms with van der Waals surface area (Å²) >= 11 is 0. The number of aliphatic hydroxyl groups is 1. The Morgan fingerprint density at radius 3 is 1.36 bits per heavy atom. The second-order valence-corrected chi connectivity index (χ2v) is 7.64. The Kier molecular flexibility index (Phi) is 19.3. The van der Waals surface area contributed by atoms with Gasteiger partial charge in [0.05, 0.1) is 5.92 Å². The monoisotopic (exact) mass is 356 g/mol. The summed E-state index contributed by atoms with van der Waals surface area (Å²) in [4.78, 5) is 11.2. The molecule has 0 aliphatic heterocycles. The van der Waals surface area contributed by atoms with E-state index < -0.39 is 5.97 Å². The smallest absolute Gasteiger partial charge is 0.306 e. The molecule has 150 valence electrons. The van der Waals surface area contributed by atoms with Crippen molar-refractivity contribution < 1.29 is 15.0 Å². The van der Waals surface area contributed by atoms with E-state index >= 15 is 0 Å². The zero-order valence-corrected chi connectivity index (χ0v) is 16.8. The molecule has 0 radical (unpaired) electrons. The van der Waals surface area contributed by atoms with E-state index in [0.29, 0.717) is 6.61 Å². The van der Waals surface area contributed by atoms with Crippen LogP contribution in [0.1, 0.15) is 122 Å². The highest BCUT2D eigenvalue weighted by atomic mass is 16.4. The van der Waals surface area contributed by atoms with Crippen molar-refractivity contribution in [2.75, 3.05) is 6.61 Å². The van der Waals surface area contributed by atoms with Gasteiger partial charge in [-0.3, -0.25) is 4.79 Å². The average molecular weight is 357 g/mol. The van der Waals surface area contributed by atoms with E-state index in [4.69, 9.17) is 5.11 Å². The average Bonchev–Trinajstić information content (AvgIpc) is 2.60. The van der Waals surface area contributed by atoms with Crippen LogP contribution in [0.3, 0.4) is 0 Å². The molecule has 0 aromatic heterocycles. The highest BCUT2D eigenvalue weighted by Crippen LogP contribution is 2.18. The van der Waals surface area contributed by atoms with Crippen molar-refractivity contribution >= 4 is 5.97 Å². The fraction of sp³-hybridized carbons (Fsp3) is 0.955. The van der Waals surface area contributed by atoms with E-state index in [9.17, 15) is 9.90 Å². The summed E-state index contributed by atoms with van der Waals surface area (Å²) in [6.45, 7) is 2.47. The van der Waals surface area contributed by atoms with Crippen molar-refractivity contribution in [2.24, 2.45) is 5.92 Å². The molecule has 1 atom stereocenters. The molecule has 2 N–H and O–H groups in total. The van der Waals surface area contributed by atoms with Gasteiger partial charge in [-0.05, 0) is 19.3 Å². The molecule has 0 aliphatic rings. The normalized spacial score (nSPS) is 12.4. The Balaban J connectivity index is 3.24. The van der Waals surface area contributed by atoms with Gasteiger partial charge in [-0.15, -0.1) is 0 Å². The van der Waals surface area contributed by atoms with Crippen molar-refractivity contribution in [2.45, 2.75) is 122 Å². The van der Waals surface area contributed by atoms with Crippen LogP contribution in [0.2, 0.25) is 0 Å². The third-order valence-electron chi connectivity index (χ3n) is 5.22. The lowest BCUT2D eigenvalue weighted by molar-refractivity contribution is -0.142. The summed E-state index contributed by atoms with van der Waals surface area (Å²) in [6.07, 6.45) is 21.6. The summed E-state index contributed by atoms with van der Waals surface area (Å²) in [5, 5.41) is 17.9. The summed E-state index contributed by atoms with van der Waals surface area (Å²) in [6, 6.07) is 0. The molecule has 0 aromatic rings. The standard InChI is InChI=1S/C22H44O3/c1-2-3-18-21(22(24)25)19-16-14-12-10-8-6-4-5-7-9-11-13-15-17-20-23/h21,23H,2-20H2,1H3,(H,24,25). The summed E-state index contributed by atoms with van der Waals surface area (Å²) < 4.78 is 0. The number of carboxylic acid groups (broad SMARTS) is 1. The molecule has 3 nitrogen and oxygen atoms in total. The first kappa shape index (κ1) is 24.4. The van der Waals surface area contributed by atoms with E-state index in [1.807, 2.05) is 0 Å². The number of aliphatic hydroxyl groups excluding tert-OH is 1. The minimum absolute atomic E-state index is 0.108. The molecule has 0 heterocycles. The Morgan fingerprint density at radius 1 is 0.640 bits per heavy atom. The predicted octanol–water partition coefficient (Wildman–Crippen LogP) is 6.72. The van der Waals surface area contributed by atoms with E-state index in [0.717, 1.165) is 38.5 Å². The van der Waals surface area contributed by atoms with Crippen LogP contribution in [0.4, 0.5) is 0 Å². The van der Waals surface area contributed by atoms with Gasteiger partial charge in [0, 0.05) is 6.61 Å². The SMILES string of the molecule is CCCCC(CCCCCCCCCCCCCCCCO)C(=O)O. The Hall–Kier alpha value is -0.570. The molecule has 0 saturated heterocycles. The molecule has 0 aliphatic carbocycles. The van der Waals surface area contributed by atoms with Crippen LogP contribution in [-0.2, 0) is 4.79 Å². The number of unbranched alkanes of at least 4 members (excludes halogenated alkanes) is 14. The Morgan fingerprint density at radius 2 is 1.00 bits per heavy atom. The number of carbonyl (C=O) groups is 1. The predicted molar refractivity (Wildman–Crippen MR) is 107 cm³/mol. The van der Waals surface area contributed by atoms with Crippen LogP contribution < -0.4 is 0 Å². The number of carboxylic acids is 1. The minimum atomic E-state index is -0.596. The Bertz CT molecular complexity index is 278. The van der Waals surface area contributed by atoms with Crippen molar-refractivity contribution in [1.82, 2.24) is 0 Å². The fourth-order valence-corrected chi connectivity index (χ4v) is 3.47. The van der Waals surface area contributed by atoms with Crippen LogP contribution in [0.25, 0.3) is 0 Å². The molecule has 0 bridgehead atoms. The molecule has 0 rings (SSSR count). The third-order valence-corrected chi connectivity index (χ3v) is 5.22. The largest absolute Gasteiger partial charge is 0.481 e. The van der Waals surface area contributed by atoms with E-state index in [1.54, 1.807) is 0 Å². The second-order valence-electron chi connectivity index (χ2n) is 7.64. The van der Waals surface area contributed by atoms with Crippen molar-refractivity contribution in [3.8, 4) is 0 Å². The molecule has 0 amide bonds. The quantitative estimate of drug-likeness (QED) is 0.238. The second kappa shape index (κ2) is 19.8. The van der Waals surface area contributed by atoms with E-state index in [2.05, 4.69) is 6.92 Å². The first-order valence-corrected chi connectivity index (χ1v) is 11.1. The molecular weight excluding hydrogens is 312 g/mol. The maximum atomic E-state index is 11.2. The van der Waals surface area contributed by atoms with Gasteiger partial charge >= 0.3 is 5.97 Å². The van der Waals surface area contributed by atoms with Gasteiger partial charge in [0.1, 0.15) is 0 Å². The lowest BCUT2D eigenvalue weighted by atomic mass is 9.95. The van der Waals surface area contributed by atoms with Crippen molar-refractivity contribution in [3.63, 3.8) is 0 Å². The maximum absolute atomic E-state index is 11.2. The molecule has 0 saturated carbocycles. The van der Waals surface area contributed by atoms with E-state index in [-0.39, 0.29) is 5.92 Å². The van der Waals surface area contributed by atoms with E-state index in [1.165, 1.54) is 77.0 Å². The molecule has 1 unspecified atom stereocenters. The summed E-state index contributed by atoms with van der Waals surface area (Å²) in [5.74, 6) is -0.703. The number of aliphatic carboxylic acids is 1. The fourth-order valence-electron chi connectivity index (χ4n) is 3.47. The molecule has 0 spiro atoms. The molecular formula is C22H44O3. The highest BCUT2D eigenvalue weighted by Gasteiger charge is 2.15. The van der Waals surface area contributed by atoms with Gasteiger partial charge in [0.25, 0.3) is 0 Å². The van der Waals surface area contributed by atoms with Crippen molar-refractivity contribution in [3.05, 3.63) is 0 Å². The van der Waals surface area contributed by atoms with Crippen LogP contribution in [-0.4, -0.2) is 22.8 Å². The number of hydrogen-bond acceptors (Lipinski definition) is 2. The lowest BCUT2D eigenvalue weighted by Crippen LogP contribution is -2.13. The Labute approximate surface area is 156 Å². The summed E-state index contributed by atoms with van der Waals surface area (Å²) in [5.41, 5.74) is 0. The topological polar surface area (TPSA) is 57.5 Å². The zero-order chi connectivity index (χ0) is 18.6. The van der Waals surface area contributed by atoms with Gasteiger partial charge in [-0.1, -0.05) is 103 Å². The number of rotatable bonds is 20. The van der Waals surface area contributed by atoms with Crippen LogP contribution in [0.5, 0.6) is 0 Å². The maximum Gasteiger partial charge on any atom is 0.306 e. The highest BCUT2D eigenvalue weighted by molar-refractivity contribution is 5.69. The molecule has 0 fully saturated rings. The number of hydrogen-bond donors (Lipinski definition) is 2. The molecule has 0 aromatic carbocycles. The zero-order valence-electron chi connectivity index (χ0n) is 16.8. The molecule has 3 heteroatoms. The first-order chi connectivity index (χ1) is 12.2. The van der Waals surface area contributed by atoms with Crippen LogP contribution in [0.15, 0.2) is 0 Å². The molecule has 25 heavy (non-hydrogen) atoms. The van der Waals surface area contributed by atoms with Crippen molar-refractivity contribution in [1.29, 1.82) is 0 Å². The van der Waals surface area contributed by atoms with Crippen LogP contribution in [0, 0.1) is 5.92 Å². The van der Waals surface area contributed by atoms with Gasteiger partial charge < -0.3 is 10.2 Å². The van der Waals surface area contributed by atoms with Gasteiger partial charge in [-0.2, -0.15) is 0 Å². The van der Waals surface area contributed by atoms with Gasteiger partial charge in [-0.25, -0.2) is 0 Å². The van der Waals surface area contributed by atoms with Crippen LogP contribution >= 0.6 is 0 Å².